The molecule has 0 spiro atoms. The number of carbonyl (C=O) groups is 1. The summed E-state index contributed by atoms with van der Waals surface area (Å²) in [5.41, 5.74) is 2.26. The molecule has 1 aromatic carbocycles. The van der Waals surface area contributed by atoms with Crippen molar-refractivity contribution in [2.75, 3.05) is 0 Å². The zero-order chi connectivity index (χ0) is 16.6. The van der Waals surface area contributed by atoms with Crippen LogP contribution in [0.4, 0.5) is 0 Å². The molecule has 1 aromatic heterocycles. The Labute approximate surface area is 134 Å². The monoisotopic (exact) mass is 312 g/mol. The maximum atomic E-state index is 12.5. The van der Waals surface area contributed by atoms with Gasteiger partial charge in [-0.15, -0.1) is 0 Å². The van der Waals surface area contributed by atoms with E-state index in [1.807, 2.05) is 26.0 Å². The van der Waals surface area contributed by atoms with Crippen LogP contribution in [0.3, 0.4) is 0 Å². The fraction of sp³-hybridized carbons (Fsp3) is 0.333. The Hall–Kier alpha value is -2.56. The molecule has 0 saturated carbocycles. The zero-order valence-electron chi connectivity index (χ0n) is 13.4. The van der Waals surface area contributed by atoms with Crippen LogP contribution >= 0.6 is 0 Å². The lowest BCUT2D eigenvalue weighted by Gasteiger charge is -2.14. The molecule has 3 atom stereocenters. The van der Waals surface area contributed by atoms with Crippen molar-refractivity contribution in [3.8, 4) is 5.75 Å². The highest BCUT2D eigenvalue weighted by Crippen LogP contribution is 2.38. The Morgan fingerprint density at radius 3 is 2.78 bits per heavy atom. The van der Waals surface area contributed by atoms with Crippen molar-refractivity contribution in [1.29, 1.82) is 0 Å². The summed E-state index contributed by atoms with van der Waals surface area (Å²) in [7, 11) is 0. The van der Waals surface area contributed by atoms with E-state index in [-0.39, 0.29) is 29.5 Å². The summed E-state index contributed by atoms with van der Waals surface area (Å²) in [6.07, 6.45) is 1.70. The summed E-state index contributed by atoms with van der Waals surface area (Å²) in [5.74, 6) is 0.958. The number of pyridine rings is 1. The highest BCUT2D eigenvalue weighted by atomic mass is 16.5. The fourth-order valence-corrected chi connectivity index (χ4v) is 2.80. The van der Waals surface area contributed by atoms with Gasteiger partial charge in [-0.05, 0) is 43.7 Å². The molecule has 23 heavy (non-hydrogen) atoms. The molecule has 1 amide bonds. The third-order valence-electron chi connectivity index (χ3n) is 4.43. The summed E-state index contributed by atoms with van der Waals surface area (Å²) in [4.78, 5) is 26.4. The molecule has 3 unspecified atom stereocenters. The molecule has 2 N–H and O–H groups in total. The number of benzene rings is 1. The molecule has 2 aromatic rings. The average Bonchev–Trinajstić information content (AvgIpc) is 2.81. The van der Waals surface area contributed by atoms with Gasteiger partial charge in [0.25, 0.3) is 5.91 Å². The Bertz CT molecular complexity index is 797. The molecule has 0 bridgehead atoms. The number of nitrogens with one attached hydrogen (secondary N) is 2. The summed E-state index contributed by atoms with van der Waals surface area (Å²) in [6.45, 7) is 5.98. The molecule has 1 aliphatic rings. The minimum atomic E-state index is -0.245. The van der Waals surface area contributed by atoms with E-state index in [2.05, 4.69) is 17.2 Å². The second kappa shape index (κ2) is 5.91. The number of fused-ring (bicyclic) bond motifs is 1. The van der Waals surface area contributed by atoms with Crippen LogP contribution in [-0.2, 0) is 0 Å². The van der Waals surface area contributed by atoms with Gasteiger partial charge in [0, 0.05) is 29.3 Å². The van der Waals surface area contributed by atoms with E-state index in [1.54, 1.807) is 18.3 Å². The van der Waals surface area contributed by atoms with E-state index in [1.165, 1.54) is 6.07 Å². The second-order valence-electron chi connectivity index (χ2n) is 6.05. The number of hydrogen-bond donors (Lipinski definition) is 2. The smallest absolute Gasteiger partial charge is 0.251 e. The third-order valence-corrected chi connectivity index (χ3v) is 4.43. The first-order valence-electron chi connectivity index (χ1n) is 7.76. The van der Waals surface area contributed by atoms with Gasteiger partial charge in [0.05, 0.1) is 6.04 Å². The van der Waals surface area contributed by atoms with Crippen molar-refractivity contribution in [3.05, 3.63) is 63.6 Å². The maximum Gasteiger partial charge on any atom is 0.251 e. The molecule has 0 aliphatic carbocycles. The first-order chi connectivity index (χ1) is 11.0. The Morgan fingerprint density at radius 2 is 2.04 bits per heavy atom. The predicted molar refractivity (Wildman–Crippen MR) is 87.9 cm³/mol. The van der Waals surface area contributed by atoms with Gasteiger partial charge in [0.2, 0.25) is 5.56 Å². The minimum Gasteiger partial charge on any atom is -0.490 e. The van der Waals surface area contributed by atoms with Gasteiger partial charge in [0.15, 0.2) is 0 Å². The third kappa shape index (κ3) is 2.99. The van der Waals surface area contributed by atoms with Crippen LogP contribution in [0.2, 0.25) is 0 Å². The van der Waals surface area contributed by atoms with E-state index in [4.69, 9.17) is 4.74 Å². The predicted octanol–water partition coefficient (Wildman–Crippen LogP) is 2.75. The van der Waals surface area contributed by atoms with E-state index in [0.29, 0.717) is 5.56 Å². The number of aromatic nitrogens is 1. The fourth-order valence-electron chi connectivity index (χ4n) is 2.80. The van der Waals surface area contributed by atoms with Crippen molar-refractivity contribution in [1.82, 2.24) is 10.3 Å². The van der Waals surface area contributed by atoms with Gasteiger partial charge in [-0.25, -0.2) is 0 Å². The van der Waals surface area contributed by atoms with Crippen LogP contribution in [-0.4, -0.2) is 17.0 Å². The molecule has 0 radical (unpaired) electrons. The quantitative estimate of drug-likeness (QED) is 0.915. The average molecular weight is 312 g/mol. The normalized spacial score (nSPS) is 20.5. The number of amides is 1. The van der Waals surface area contributed by atoms with Crippen LogP contribution in [0.15, 0.2) is 41.3 Å². The summed E-state index contributed by atoms with van der Waals surface area (Å²) in [5, 5.41) is 2.92. The number of rotatable bonds is 3. The molecule has 0 fully saturated rings. The lowest BCUT2D eigenvalue weighted by Crippen LogP contribution is -2.27. The summed E-state index contributed by atoms with van der Waals surface area (Å²) in [6, 6.07) is 8.54. The first kappa shape index (κ1) is 15.3. The van der Waals surface area contributed by atoms with E-state index in [9.17, 15) is 9.59 Å². The number of carbonyl (C=O) groups excluding carboxylic acids is 1. The van der Waals surface area contributed by atoms with Crippen LogP contribution in [0, 0.1) is 0 Å². The van der Waals surface area contributed by atoms with Gasteiger partial charge in [0.1, 0.15) is 11.9 Å². The lowest BCUT2D eigenvalue weighted by atomic mass is 9.96. The standard InChI is InChI=1S/C18H20N2O3/c1-10-12(3)23-16-5-4-14(8-15(10)16)18(22)20-11(2)13-6-7-19-17(21)9-13/h4-12H,1-3H3,(H,19,21)(H,20,22). The number of ether oxygens (including phenoxy) is 1. The van der Waals surface area contributed by atoms with Gasteiger partial charge >= 0.3 is 0 Å². The van der Waals surface area contributed by atoms with Crippen LogP contribution in [0.5, 0.6) is 5.75 Å². The lowest BCUT2D eigenvalue weighted by molar-refractivity contribution is 0.0940. The first-order valence-corrected chi connectivity index (χ1v) is 7.76. The van der Waals surface area contributed by atoms with E-state index < -0.39 is 0 Å². The highest BCUT2D eigenvalue weighted by molar-refractivity contribution is 5.95. The highest BCUT2D eigenvalue weighted by Gasteiger charge is 2.28. The van der Waals surface area contributed by atoms with E-state index >= 15 is 0 Å². The SMILES string of the molecule is CC(NC(=O)c1ccc2c(c1)C(C)C(C)O2)c1cc[nH]c(=O)c1. The summed E-state index contributed by atoms with van der Waals surface area (Å²) >= 11 is 0. The van der Waals surface area contributed by atoms with Crippen LogP contribution < -0.4 is 15.6 Å². The number of H-pyrrole nitrogens is 1. The topological polar surface area (TPSA) is 71.2 Å². The van der Waals surface area contributed by atoms with Crippen molar-refractivity contribution in [3.63, 3.8) is 0 Å². The molecule has 5 heteroatoms. The van der Waals surface area contributed by atoms with Gasteiger partial charge in [-0.1, -0.05) is 6.92 Å². The summed E-state index contributed by atoms with van der Waals surface area (Å²) < 4.78 is 5.75. The van der Waals surface area contributed by atoms with Crippen molar-refractivity contribution < 1.29 is 9.53 Å². The molecule has 1 aliphatic heterocycles. The van der Waals surface area contributed by atoms with Crippen LogP contribution in [0.1, 0.15) is 54.2 Å². The largest absolute Gasteiger partial charge is 0.490 e. The Kier molecular flexibility index (Phi) is 3.94. The van der Waals surface area contributed by atoms with Crippen molar-refractivity contribution in [2.24, 2.45) is 0 Å². The zero-order valence-corrected chi connectivity index (χ0v) is 13.4. The number of hydrogen-bond acceptors (Lipinski definition) is 3. The molecular formula is C18H20N2O3. The molecule has 120 valence electrons. The Balaban J connectivity index is 1.78. The molecule has 0 saturated heterocycles. The van der Waals surface area contributed by atoms with Gasteiger partial charge < -0.3 is 15.0 Å². The minimum absolute atomic E-state index is 0.123. The van der Waals surface area contributed by atoms with Gasteiger partial charge in [-0.2, -0.15) is 0 Å². The van der Waals surface area contributed by atoms with E-state index in [0.717, 1.165) is 16.9 Å². The Morgan fingerprint density at radius 1 is 1.26 bits per heavy atom. The number of aromatic amines is 1. The molecule has 3 rings (SSSR count). The molecule has 2 heterocycles. The second-order valence-corrected chi connectivity index (χ2v) is 6.05. The molecule has 5 nitrogen and oxygen atoms in total. The van der Waals surface area contributed by atoms with Crippen molar-refractivity contribution >= 4 is 5.91 Å². The van der Waals surface area contributed by atoms with Gasteiger partial charge in [-0.3, -0.25) is 9.59 Å². The maximum absolute atomic E-state index is 12.5. The molecular weight excluding hydrogens is 292 g/mol. The van der Waals surface area contributed by atoms with Crippen molar-refractivity contribution in [2.45, 2.75) is 38.8 Å². The van der Waals surface area contributed by atoms with Crippen LogP contribution in [0.25, 0.3) is 0 Å².